The molecule has 1 atom stereocenters. The molecule has 0 saturated heterocycles. The lowest BCUT2D eigenvalue weighted by Gasteiger charge is -2.20. The number of anilines is 1. The van der Waals surface area contributed by atoms with Crippen LogP contribution in [0.2, 0.25) is 0 Å². The predicted octanol–water partition coefficient (Wildman–Crippen LogP) is 5.72. The highest BCUT2D eigenvalue weighted by Gasteiger charge is 2.10. The van der Waals surface area contributed by atoms with Crippen molar-refractivity contribution in [1.29, 1.82) is 0 Å². The fourth-order valence-electron chi connectivity index (χ4n) is 3.48. The van der Waals surface area contributed by atoms with E-state index in [2.05, 4.69) is 55.3 Å². The van der Waals surface area contributed by atoms with Crippen molar-refractivity contribution in [2.75, 3.05) is 25.0 Å². The first-order valence-corrected chi connectivity index (χ1v) is 10.7. The molecule has 0 spiro atoms. The van der Waals surface area contributed by atoms with Gasteiger partial charge in [0.05, 0.1) is 5.52 Å². The van der Waals surface area contributed by atoms with Gasteiger partial charge in [-0.3, -0.25) is 0 Å². The van der Waals surface area contributed by atoms with Crippen LogP contribution in [0.4, 0.5) is 5.82 Å². The van der Waals surface area contributed by atoms with E-state index in [1.54, 1.807) is 0 Å². The third-order valence-electron chi connectivity index (χ3n) is 5.23. The number of rotatable bonds is 10. The van der Waals surface area contributed by atoms with Gasteiger partial charge in [0.25, 0.3) is 0 Å². The Balaban J connectivity index is 1.74. The Hall–Kier alpha value is -2.72. The minimum absolute atomic E-state index is 0.356. The van der Waals surface area contributed by atoms with Crippen LogP contribution in [0.1, 0.15) is 45.0 Å². The second-order valence-electron chi connectivity index (χ2n) is 7.41. The highest BCUT2D eigenvalue weighted by Crippen LogP contribution is 2.22. The molecule has 29 heavy (non-hydrogen) atoms. The highest BCUT2D eigenvalue weighted by molar-refractivity contribution is 5.90. The number of aromatic nitrogens is 2. The zero-order chi connectivity index (χ0) is 20.5. The first-order valence-electron chi connectivity index (χ1n) is 10.7. The van der Waals surface area contributed by atoms with Crippen LogP contribution in [0, 0.1) is 0 Å². The first kappa shape index (κ1) is 21.0. The molecule has 0 fully saturated rings. The second kappa shape index (κ2) is 10.7. The van der Waals surface area contributed by atoms with Crippen LogP contribution < -0.4 is 5.32 Å². The van der Waals surface area contributed by atoms with Crippen molar-refractivity contribution in [3.63, 3.8) is 0 Å². The van der Waals surface area contributed by atoms with Crippen molar-refractivity contribution in [2.24, 2.45) is 0 Å². The van der Waals surface area contributed by atoms with Gasteiger partial charge >= 0.3 is 0 Å². The van der Waals surface area contributed by atoms with Crippen LogP contribution in [0.15, 0.2) is 54.6 Å². The van der Waals surface area contributed by atoms with Gasteiger partial charge in [0, 0.05) is 11.4 Å². The Morgan fingerprint density at radius 2 is 1.66 bits per heavy atom. The van der Waals surface area contributed by atoms with Gasteiger partial charge < -0.3 is 10.2 Å². The quantitative estimate of drug-likeness (QED) is 0.482. The number of nitrogens with one attached hydrogen (secondary N) is 1. The van der Waals surface area contributed by atoms with Crippen LogP contribution >= 0.6 is 0 Å². The molecule has 2 aromatic carbocycles. The zero-order valence-electron chi connectivity index (χ0n) is 17.8. The van der Waals surface area contributed by atoms with E-state index in [1.807, 2.05) is 42.5 Å². The van der Waals surface area contributed by atoms with Gasteiger partial charge in [-0.2, -0.15) is 0 Å². The van der Waals surface area contributed by atoms with E-state index in [4.69, 9.17) is 9.97 Å². The van der Waals surface area contributed by atoms with E-state index in [0.717, 1.165) is 54.2 Å². The summed E-state index contributed by atoms with van der Waals surface area (Å²) in [7, 11) is 0. The second-order valence-corrected chi connectivity index (χ2v) is 7.41. The Kier molecular flexibility index (Phi) is 7.77. The van der Waals surface area contributed by atoms with Crippen molar-refractivity contribution in [1.82, 2.24) is 14.9 Å². The molecule has 0 radical (unpaired) electrons. The van der Waals surface area contributed by atoms with E-state index < -0.39 is 0 Å². The Bertz CT molecular complexity index is 917. The van der Waals surface area contributed by atoms with Crippen molar-refractivity contribution in [3.8, 4) is 0 Å². The minimum atomic E-state index is 0.356. The SMILES string of the molecule is CCN(CC)CCCC(C)Nc1nc(/C=C/c2ccccc2)nc2ccccc12. The smallest absolute Gasteiger partial charge is 0.154 e. The maximum atomic E-state index is 4.81. The summed E-state index contributed by atoms with van der Waals surface area (Å²) in [6.07, 6.45) is 6.34. The van der Waals surface area contributed by atoms with Gasteiger partial charge in [0.15, 0.2) is 5.82 Å². The summed E-state index contributed by atoms with van der Waals surface area (Å²) in [5.41, 5.74) is 2.11. The Morgan fingerprint density at radius 1 is 0.931 bits per heavy atom. The monoisotopic (exact) mass is 388 g/mol. The normalized spacial score (nSPS) is 12.7. The van der Waals surface area contributed by atoms with E-state index in [0.29, 0.717) is 6.04 Å². The summed E-state index contributed by atoms with van der Waals surface area (Å²) in [6.45, 7) is 10.1. The average Bonchev–Trinajstić information content (AvgIpc) is 2.76. The van der Waals surface area contributed by atoms with E-state index in [-0.39, 0.29) is 0 Å². The van der Waals surface area contributed by atoms with Gasteiger partial charge in [0.2, 0.25) is 0 Å². The molecule has 0 aliphatic rings. The standard InChI is InChI=1S/C25H32N4/c1-4-29(5-2)19-11-12-20(3)26-25-22-15-9-10-16-23(22)27-24(28-25)18-17-21-13-7-6-8-14-21/h6-10,13-18,20H,4-5,11-12,19H2,1-3H3,(H,26,27,28)/b18-17+. The lowest BCUT2D eigenvalue weighted by molar-refractivity contribution is 0.295. The van der Waals surface area contributed by atoms with E-state index in [9.17, 15) is 0 Å². The summed E-state index contributed by atoms with van der Waals surface area (Å²) < 4.78 is 0. The lowest BCUT2D eigenvalue weighted by Crippen LogP contribution is -2.25. The molecule has 3 rings (SSSR count). The molecule has 1 heterocycles. The van der Waals surface area contributed by atoms with Gasteiger partial charge in [0.1, 0.15) is 5.82 Å². The predicted molar refractivity (Wildman–Crippen MR) is 125 cm³/mol. The van der Waals surface area contributed by atoms with Crippen LogP contribution in [-0.4, -0.2) is 40.5 Å². The molecular weight excluding hydrogens is 356 g/mol. The van der Waals surface area contributed by atoms with Gasteiger partial charge in [-0.1, -0.05) is 62.4 Å². The van der Waals surface area contributed by atoms with E-state index >= 15 is 0 Å². The molecule has 4 nitrogen and oxygen atoms in total. The fraction of sp³-hybridized carbons (Fsp3) is 0.360. The average molecular weight is 389 g/mol. The van der Waals surface area contributed by atoms with Crippen LogP contribution in [0.25, 0.3) is 23.1 Å². The summed E-state index contributed by atoms with van der Waals surface area (Å²) in [6, 6.07) is 18.8. The third-order valence-corrected chi connectivity index (χ3v) is 5.23. The number of fused-ring (bicyclic) bond motifs is 1. The van der Waals surface area contributed by atoms with Crippen molar-refractivity contribution in [3.05, 3.63) is 66.0 Å². The van der Waals surface area contributed by atoms with Crippen LogP contribution in [0.3, 0.4) is 0 Å². The molecule has 0 bridgehead atoms. The molecule has 1 unspecified atom stereocenters. The fourth-order valence-corrected chi connectivity index (χ4v) is 3.48. The van der Waals surface area contributed by atoms with E-state index in [1.165, 1.54) is 6.42 Å². The topological polar surface area (TPSA) is 41.0 Å². The molecule has 0 aliphatic carbocycles. The third kappa shape index (κ3) is 6.13. The lowest BCUT2D eigenvalue weighted by atomic mass is 10.1. The van der Waals surface area contributed by atoms with Crippen LogP contribution in [-0.2, 0) is 0 Å². The molecule has 0 saturated carbocycles. The molecule has 152 valence electrons. The first-order chi connectivity index (χ1) is 14.2. The Labute approximate surface area is 174 Å². The molecule has 4 heteroatoms. The van der Waals surface area contributed by atoms with Crippen molar-refractivity contribution < 1.29 is 0 Å². The summed E-state index contributed by atoms with van der Waals surface area (Å²) in [5.74, 6) is 1.64. The molecule has 0 aliphatic heterocycles. The highest BCUT2D eigenvalue weighted by atomic mass is 15.1. The summed E-state index contributed by atoms with van der Waals surface area (Å²) in [4.78, 5) is 12.0. The number of benzene rings is 2. The van der Waals surface area contributed by atoms with Gasteiger partial charge in [-0.25, -0.2) is 9.97 Å². The maximum absolute atomic E-state index is 4.81. The van der Waals surface area contributed by atoms with Crippen molar-refractivity contribution >= 4 is 28.9 Å². The molecule has 0 amide bonds. The van der Waals surface area contributed by atoms with Crippen molar-refractivity contribution in [2.45, 2.75) is 39.7 Å². The summed E-state index contributed by atoms with van der Waals surface area (Å²) in [5, 5.41) is 4.70. The van der Waals surface area contributed by atoms with Gasteiger partial charge in [-0.05, 0) is 63.2 Å². The van der Waals surface area contributed by atoms with Crippen LogP contribution in [0.5, 0.6) is 0 Å². The maximum Gasteiger partial charge on any atom is 0.154 e. The summed E-state index contributed by atoms with van der Waals surface area (Å²) >= 11 is 0. The Morgan fingerprint density at radius 3 is 2.41 bits per heavy atom. The number of hydrogen-bond donors (Lipinski definition) is 1. The minimum Gasteiger partial charge on any atom is -0.367 e. The molecular formula is C25H32N4. The molecule has 1 aromatic heterocycles. The number of hydrogen-bond acceptors (Lipinski definition) is 4. The molecule has 3 aromatic rings. The largest absolute Gasteiger partial charge is 0.367 e. The number of para-hydroxylation sites is 1. The number of nitrogens with zero attached hydrogens (tertiary/aromatic N) is 3. The molecule has 1 N–H and O–H groups in total. The zero-order valence-corrected chi connectivity index (χ0v) is 17.8. The van der Waals surface area contributed by atoms with Gasteiger partial charge in [-0.15, -0.1) is 0 Å².